The first-order chi connectivity index (χ1) is 8.00. The third-order valence-electron chi connectivity index (χ3n) is 3.25. The number of rotatable bonds is 2. The largest absolute Gasteiger partial charge is 0.330 e. The molecule has 6 nitrogen and oxygen atoms in total. The minimum absolute atomic E-state index is 0.0464. The van der Waals surface area contributed by atoms with Crippen molar-refractivity contribution in [3.63, 3.8) is 0 Å². The third kappa shape index (κ3) is 2.14. The van der Waals surface area contributed by atoms with Crippen molar-refractivity contribution in [1.29, 1.82) is 0 Å². The quantitative estimate of drug-likeness (QED) is 0.664. The van der Waals surface area contributed by atoms with Crippen LogP contribution in [0.25, 0.3) is 0 Å². The highest BCUT2D eigenvalue weighted by molar-refractivity contribution is 6.18. The fourth-order valence-corrected chi connectivity index (χ4v) is 2.18. The Labute approximate surface area is 97.7 Å². The lowest BCUT2D eigenvalue weighted by Gasteiger charge is -2.30. The van der Waals surface area contributed by atoms with Gasteiger partial charge in [0.2, 0.25) is 0 Å². The predicted molar refractivity (Wildman–Crippen MR) is 55.8 cm³/mol. The molecule has 0 aromatic rings. The van der Waals surface area contributed by atoms with E-state index in [0.717, 1.165) is 24.3 Å². The highest BCUT2D eigenvalue weighted by Gasteiger charge is 2.42. The van der Waals surface area contributed by atoms with E-state index in [0.29, 0.717) is 0 Å². The van der Waals surface area contributed by atoms with Crippen molar-refractivity contribution in [3.8, 4) is 0 Å². The van der Waals surface area contributed by atoms with Gasteiger partial charge in [-0.15, -0.1) is 0 Å². The number of nitrogens with one attached hydrogen (secondary N) is 1. The zero-order chi connectivity index (χ0) is 12.6. The van der Waals surface area contributed by atoms with Crippen LogP contribution in [0.2, 0.25) is 0 Å². The number of barbiturate groups is 1. The molecule has 2 heterocycles. The maximum atomic E-state index is 13.2. The van der Waals surface area contributed by atoms with Crippen molar-refractivity contribution >= 4 is 17.8 Å². The van der Waals surface area contributed by atoms with Crippen molar-refractivity contribution in [2.24, 2.45) is 0 Å². The fourth-order valence-electron chi connectivity index (χ4n) is 2.18. The van der Waals surface area contributed by atoms with Gasteiger partial charge in [0.05, 0.1) is 0 Å². The lowest BCUT2D eigenvalue weighted by Crippen LogP contribution is -2.61. The van der Waals surface area contributed by atoms with E-state index in [1.54, 1.807) is 0 Å². The highest BCUT2D eigenvalue weighted by Crippen LogP contribution is 2.18. The molecule has 0 aliphatic carbocycles. The van der Waals surface area contributed by atoms with E-state index >= 15 is 0 Å². The first-order valence-corrected chi connectivity index (χ1v) is 5.51. The molecule has 0 aromatic heterocycles. The van der Waals surface area contributed by atoms with Crippen LogP contribution in [0, 0.1) is 0 Å². The van der Waals surface area contributed by atoms with Gasteiger partial charge >= 0.3 is 6.03 Å². The number of carbonyl (C=O) groups excluding carboxylic acids is 3. The van der Waals surface area contributed by atoms with E-state index in [1.165, 1.54) is 0 Å². The van der Waals surface area contributed by atoms with Gasteiger partial charge in [0, 0.05) is 12.6 Å². The van der Waals surface area contributed by atoms with Crippen LogP contribution in [0.4, 0.5) is 9.18 Å². The van der Waals surface area contributed by atoms with Crippen LogP contribution in [0.1, 0.15) is 12.8 Å². The number of hydrogen-bond acceptors (Lipinski definition) is 4. The molecule has 2 aliphatic rings. The Morgan fingerprint density at radius 2 is 2.12 bits per heavy atom. The second-order valence-corrected chi connectivity index (χ2v) is 4.38. The molecule has 1 N–H and O–H groups in total. The summed E-state index contributed by atoms with van der Waals surface area (Å²) in [5, 5.41) is 1.83. The number of halogens is 1. The van der Waals surface area contributed by atoms with Gasteiger partial charge in [0.1, 0.15) is 0 Å². The summed E-state index contributed by atoms with van der Waals surface area (Å²) in [6.45, 7) is 1.03. The molecular weight excluding hydrogens is 229 g/mol. The van der Waals surface area contributed by atoms with Gasteiger partial charge in [0.15, 0.2) is 0 Å². The average Bonchev–Trinajstić information content (AvgIpc) is 2.67. The lowest BCUT2D eigenvalue weighted by molar-refractivity contribution is -0.144. The standard InChI is InChI=1S/C10H14FN3O3/c1-13-4-2-3-6(13)5-14-9(16)7(11)8(15)12-10(14)17/h6-7H,2-5H2,1H3,(H,12,15,17). The maximum absolute atomic E-state index is 13.2. The number of imide groups is 2. The third-order valence-corrected chi connectivity index (χ3v) is 3.25. The number of likely N-dealkylation sites (N-methyl/N-ethyl adjacent to an activating group) is 1. The predicted octanol–water partition coefficient (Wildman–Crippen LogP) is -0.503. The number of nitrogens with zero attached hydrogens (tertiary/aromatic N) is 2. The second-order valence-electron chi connectivity index (χ2n) is 4.38. The van der Waals surface area contributed by atoms with Gasteiger partial charge in [-0.3, -0.25) is 19.8 Å². The number of urea groups is 1. The fraction of sp³-hybridized carbons (Fsp3) is 0.700. The van der Waals surface area contributed by atoms with Crippen molar-refractivity contribution in [2.45, 2.75) is 25.1 Å². The molecule has 2 unspecified atom stereocenters. The van der Waals surface area contributed by atoms with Crippen molar-refractivity contribution in [3.05, 3.63) is 0 Å². The Morgan fingerprint density at radius 1 is 1.41 bits per heavy atom. The van der Waals surface area contributed by atoms with Crippen molar-refractivity contribution in [1.82, 2.24) is 15.1 Å². The molecule has 0 spiro atoms. The number of amides is 4. The van der Waals surface area contributed by atoms with E-state index < -0.39 is 24.0 Å². The topological polar surface area (TPSA) is 69.7 Å². The molecule has 0 saturated carbocycles. The van der Waals surface area contributed by atoms with Crippen LogP contribution in [-0.4, -0.2) is 60.0 Å². The normalized spacial score (nSPS) is 30.9. The molecule has 7 heteroatoms. The molecule has 0 aromatic carbocycles. The van der Waals surface area contributed by atoms with Crippen LogP contribution >= 0.6 is 0 Å². The van der Waals surface area contributed by atoms with Crippen LogP contribution in [0.3, 0.4) is 0 Å². The summed E-state index contributed by atoms with van der Waals surface area (Å²) in [5.74, 6) is -2.23. The van der Waals surface area contributed by atoms with Crippen LogP contribution in [-0.2, 0) is 9.59 Å². The summed E-state index contributed by atoms with van der Waals surface area (Å²) in [4.78, 5) is 36.6. The van der Waals surface area contributed by atoms with E-state index in [-0.39, 0.29) is 12.6 Å². The molecule has 0 radical (unpaired) electrons. The lowest BCUT2D eigenvalue weighted by atomic mass is 10.2. The smallest absolute Gasteiger partial charge is 0.302 e. The van der Waals surface area contributed by atoms with Crippen molar-refractivity contribution < 1.29 is 18.8 Å². The molecule has 94 valence electrons. The Hall–Kier alpha value is -1.50. The molecule has 17 heavy (non-hydrogen) atoms. The van der Waals surface area contributed by atoms with Crippen LogP contribution in [0.15, 0.2) is 0 Å². The van der Waals surface area contributed by atoms with Crippen LogP contribution in [0.5, 0.6) is 0 Å². The molecule has 2 rings (SSSR count). The zero-order valence-corrected chi connectivity index (χ0v) is 9.48. The Bertz CT molecular complexity index is 374. The van der Waals surface area contributed by atoms with Gasteiger partial charge in [-0.2, -0.15) is 0 Å². The molecule has 2 fully saturated rings. The summed E-state index contributed by atoms with van der Waals surface area (Å²) in [7, 11) is 1.89. The van der Waals surface area contributed by atoms with E-state index in [1.807, 2.05) is 17.3 Å². The number of alkyl halides is 1. The highest BCUT2D eigenvalue weighted by atomic mass is 19.1. The monoisotopic (exact) mass is 243 g/mol. The van der Waals surface area contributed by atoms with E-state index in [9.17, 15) is 18.8 Å². The van der Waals surface area contributed by atoms with E-state index in [2.05, 4.69) is 0 Å². The summed E-state index contributed by atoms with van der Waals surface area (Å²) < 4.78 is 13.2. The van der Waals surface area contributed by atoms with Crippen LogP contribution < -0.4 is 5.32 Å². The molecule has 2 saturated heterocycles. The van der Waals surface area contributed by atoms with Gasteiger partial charge in [-0.1, -0.05) is 0 Å². The average molecular weight is 243 g/mol. The first-order valence-electron chi connectivity index (χ1n) is 5.51. The number of likely N-dealkylation sites (tertiary alicyclic amines) is 1. The van der Waals surface area contributed by atoms with Crippen molar-refractivity contribution in [2.75, 3.05) is 20.1 Å². The SMILES string of the molecule is CN1CCCC1CN1C(=O)NC(=O)C(F)C1=O. The Balaban J connectivity index is 2.06. The summed E-state index contributed by atoms with van der Waals surface area (Å²) in [6.07, 6.45) is -0.416. The van der Waals surface area contributed by atoms with Gasteiger partial charge in [-0.05, 0) is 26.4 Å². The molecular formula is C10H14FN3O3. The Morgan fingerprint density at radius 3 is 2.71 bits per heavy atom. The molecule has 2 aliphatic heterocycles. The summed E-state index contributed by atoms with van der Waals surface area (Å²) >= 11 is 0. The number of carbonyl (C=O) groups is 3. The van der Waals surface area contributed by atoms with Gasteiger partial charge in [-0.25, -0.2) is 9.18 Å². The molecule has 2 atom stereocenters. The summed E-state index contributed by atoms with van der Waals surface area (Å²) in [6, 6.07) is -0.778. The second kappa shape index (κ2) is 4.40. The minimum Gasteiger partial charge on any atom is -0.302 e. The molecule has 0 bridgehead atoms. The maximum Gasteiger partial charge on any atom is 0.330 e. The number of hydrogen-bond donors (Lipinski definition) is 1. The van der Waals surface area contributed by atoms with Gasteiger partial charge in [0.25, 0.3) is 18.0 Å². The minimum atomic E-state index is -2.26. The van der Waals surface area contributed by atoms with E-state index in [4.69, 9.17) is 0 Å². The zero-order valence-electron chi connectivity index (χ0n) is 9.48. The van der Waals surface area contributed by atoms with Gasteiger partial charge < -0.3 is 4.90 Å². The first kappa shape index (κ1) is 12.0. The Kier molecular flexibility index (Phi) is 3.10. The summed E-state index contributed by atoms with van der Waals surface area (Å²) in [5.41, 5.74) is 0. The molecule has 4 amide bonds.